The average molecular weight is 450 g/mol. The Morgan fingerprint density at radius 1 is 0.909 bits per heavy atom. The lowest BCUT2D eigenvalue weighted by atomic mass is 9.88. The Morgan fingerprint density at radius 3 is 2.39 bits per heavy atom. The minimum atomic E-state index is -1.57. The van der Waals surface area contributed by atoms with Crippen molar-refractivity contribution < 1.29 is 1.37 Å². The Bertz CT molecular complexity index is 1760. The third-order valence-electron chi connectivity index (χ3n) is 6.95. The molecule has 0 saturated carbocycles. The van der Waals surface area contributed by atoms with Gasteiger partial charge in [0.15, 0.2) is 0 Å². The molecule has 0 spiro atoms. The van der Waals surface area contributed by atoms with E-state index in [-0.39, 0.29) is 5.41 Å². The molecule has 0 amide bonds. The molecule has 0 aliphatic heterocycles. The highest BCUT2D eigenvalue weighted by molar-refractivity contribution is 6.89. The molecule has 33 heavy (non-hydrogen) atoms. The summed E-state index contributed by atoms with van der Waals surface area (Å²) in [6.07, 6.45) is 1.39. The Labute approximate surface area is 198 Å². The Balaban J connectivity index is 1.89. The summed E-state index contributed by atoms with van der Waals surface area (Å²) < 4.78 is 11.0. The summed E-state index contributed by atoms with van der Waals surface area (Å²) in [4.78, 5) is 4.79. The normalized spacial score (nSPS) is 13.8. The topological polar surface area (TPSA) is 17.3 Å². The number of benzene rings is 3. The lowest BCUT2D eigenvalue weighted by Gasteiger charge is -2.20. The van der Waals surface area contributed by atoms with Crippen molar-refractivity contribution in [1.29, 1.82) is 0 Å². The maximum absolute atomic E-state index is 8.48. The van der Waals surface area contributed by atoms with Gasteiger partial charge in [0.1, 0.15) is 0 Å². The van der Waals surface area contributed by atoms with Gasteiger partial charge < -0.3 is 4.40 Å². The Kier molecular flexibility index (Phi) is 3.89. The largest absolute Gasteiger partial charge is 0.308 e. The zero-order valence-electron chi connectivity index (χ0n) is 21.7. The van der Waals surface area contributed by atoms with Gasteiger partial charge in [-0.2, -0.15) is 0 Å². The molecule has 0 radical (unpaired) electrons. The fourth-order valence-electron chi connectivity index (χ4n) is 5.54. The summed E-state index contributed by atoms with van der Waals surface area (Å²) in [5.74, 6) is 0. The molecule has 2 nitrogen and oxygen atoms in total. The molecule has 3 heterocycles. The molecule has 0 N–H and O–H groups in total. The third-order valence-corrected chi connectivity index (χ3v) is 8.97. The minimum absolute atomic E-state index is 0.240. The van der Waals surface area contributed by atoms with Crippen LogP contribution in [0, 0.1) is 12.3 Å². The van der Waals surface area contributed by atoms with Gasteiger partial charge in [-0.25, -0.2) is 0 Å². The molecule has 3 heteroatoms. The summed E-state index contributed by atoms with van der Waals surface area (Å²) >= 11 is 0. The zero-order valence-corrected chi connectivity index (χ0v) is 21.7. The average Bonchev–Trinajstić information content (AvgIpc) is 3.03. The van der Waals surface area contributed by atoms with Gasteiger partial charge in [-0.1, -0.05) is 57.7 Å². The number of hydrogen-bond acceptors (Lipinski definition) is 1. The van der Waals surface area contributed by atoms with E-state index in [2.05, 4.69) is 94.2 Å². The number of aromatic nitrogens is 2. The summed E-state index contributed by atoms with van der Waals surface area (Å²) in [5, 5.41) is 7.48. The fraction of sp³-hybridized carbons (Fsp3) is 0.300. The molecule has 3 aromatic carbocycles. The molecular weight excluding hydrogens is 416 g/mol. The van der Waals surface area contributed by atoms with Crippen LogP contribution in [0.1, 0.15) is 33.3 Å². The van der Waals surface area contributed by atoms with Crippen LogP contribution in [0.2, 0.25) is 19.6 Å². The number of hydrogen-bond donors (Lipinski definition) is 0. The van der Waals surface area contributed by atoms with Gasteiger partial charge in [0.05, 0.1) is 31.5 Å². The highest BCUT2D eigenvalue weighted by Crippen LogP contribution is 2.40. The van der Waals surface area contributed by atoms with E-state index in [1.165, 1.54) is 49.0 Å². The molecule has 0 unspecified atom stereocenters. The van der Waals surface area contributed by atoms with Crippen LogP contribution in [-0.2, 0) is 6.42 Å². The van der Waals surface area contributed by atoms with Crippen LogP contribution < -0.4 is 5.19 Å². The van der Waals surface area contributed by atoms with Crippen LogP contribution in [0.15, 0.2) is 54.7 Å². The van der Waals surface area contributed by atoms with Crippen molar-refractivity contribution in [2.75, 3.05) is 0 Å². The number of rotatable bonds is 2. The van der Waals surface area contributed by atoms with Gasteiger partial charge in [-0.15, -0.1) is 0 Å². The van der Waals surface area contributed by atoms with Crippen LogP contribution in [-0.4, -0.2) is 17.5 Å². The zero-order chi connectivity index (χ0) is 24.2. The van der Waals surface area contributed by atoms with E-state index in [1.807, 2.05) is 6.07 Å². The van der Waals surface area contributed by atoms with Gasteiger partial charge >= 0.3 is 0 Å². The third kappa shape index (κ3) is 3.09. The fourth-order valence-corrected chi connectivity index (χ4v) is 6.70. The smallest absolute Gasteiger partial charge is 0.0840 e. The van der Waals surface area contributed by atoms with E-state index in [1.54, 1.807) is 0 Å². The van der Waals surface area contributed by atoms with Crippen molar-refractivity contribution in [3.63, 3.8) is 0 Å². The molecular formula is C30H32N2Si. The second-order valence-corrected chi connectivity index (χ2v) is 17.2. The molecule has 0 fully saturated rings. The van der Waals surface area contributed by atoms with E-state index in [9.17, 15) is 0 Å². The van der Waals surface area contributed by atoms with E-state index in [4.69, 9.17) is 6.35 Å². The highest BCUT2D eigenvalue weighted by Gasteiger charge is 2.23. The van der Waals surface area contributed by atoms with Crippen molar-refractivity contribution in [2.45, 2.75) is 53.8 Å². The predicted molar refractivity (Wildman–Crippen MR) is 147 cm³/mol. The number of fused-ring (bicyclic) bond motifs is 5. The quantitative estimate of drug-likeness (QED) is 0.150. The summed E-state index contributed by atoms with van der Waals surface area (Å²) in [5.41, 5.74) is 7.52. The Hall–Kier alpha value is -2.91. The number of nitrogens with zero attached hydrogens (tertiary/aromatic N) is 2. The number of pyridine rings is 2. The van der Waals surface area contributed by atoms with Crippen molar-refractivity contribution in [3.05, 3.63) is 65.8 Å². The van der Waals surface area contributed by atoms with E-state index >= 15 is 0 Å². The molecule has 0 bridgehead atoms. The van der Waals surface area contributed by atoms with E-state index in [0.29, 0.717) is 6.17 Å². The first-order valence-electron chi connectivity index (χ1n) is 12.4. The van der Waals surface area contributed by atoms with Crippen LogP contribution in [0.4, 0.5) is 0 Å². The van der Waals surface area contributed by atoms with Crippen LogP contribution in [0.3, 0.4) is 0 Å². The lowest BCUT2D eigenvalue weighted by Crippen LogP contribution is -2.37. The first kappa shape index (κ1) is 19.5. The first-order chi connectivity index (χ1) is 15.9. The summed E-state index contributed by atoms with van der Waals surface area (Å²) in [7, 11) is -1.57. The van der Waals surface area contributed by atoms with E-state index < -0.39 is 8.07 Å². The Morgan fingerprint density at radius 2 is 1.67 bits per heavy atom. The molecule has 166 valence electrons. The standard InChI is InChI=1S/C30H32N2Si/c1-18-12-23-22-14-19(17-30(2,3)4)8-9-25(22)32-26-16-21(33(5,6)7)15-20-10-11-31-28(27(20)26)24(13-18)29(23)32/h8-16H,17H2,1-7H3/i11D. The molecule has 3 aromatic heterocycles. The summed E-state index contributed by atoms with van der Waals surface area (Å²) in [6, 6.07) is 18.3. The van der Waals surface area contributed by atoms with Crippen molar-refractivity contribution in [2.24, 2.45) is 5.41 Å². The molecule has 0 aliphatic rings. The molecule has 0 saturated heterocycles. The van der Waals surface area contributed by atoms with Gasteiger partial charge in [-0.05, 0) is 71.7 Å². The SMILES string of the molecule is [2H]c1cc2cc([Si](C)(C)C)cc3c2c(n1)c1cc(C)cc2c4cc(CC(C)(C)C)ccc4n3c21. The van der Waals surface area contributed by atoms with Crippen molar-refractivity contribution in [3.8, 4) is 0 Å². The van der Waals surface area contributed by atoms with Crippen LogP contribution >= 0.6 is 0 Å². The monoisotopic (exact) mass is 449 g/mol. The van der Waals surface area contributed by atoms with Crippen LogP contribution in [0.5, 0.6) is 0 Å². The van der Waals surface area contributed by atoms with Crippen molar-refractivity contribution >= 4 is 62.3 Å². The predicted octanol–water partition coefficient (Wildman–Crippen LogP) is 7.83. The minimum Gasteiger partial charge on any atom is -0.308 e. The van der Waals surface area contributed by atoms with Gasteiger partial charge in [-0.3, -0.25) is 4.98 Å². The maximum Gasteiger partial charge on any atom is 0.0840 e. The van der Waals surface area contributed by atoms with Crippen molar-refractivity contribution in [1.82, 2.24) is 9.38 Å². The molecule has 0 aliphatic carbocycles. The first-order valence-corrected chi connectivity index (χ1v) is 15.4. The highest BCUT2D eigenvalue weighted by atomic mass is 28.3. The lowest BCUT2D eigenvalue weighted by molar-refractivity contribution is 0.411. The molecule has 6 rings (SSSR count). The van der Waals surface area contributed by atoms with E-state index in [0.717, 1.165) is 22.7 Å². The van der Waals surface area contributed by atoms with Gasteiger partial charge in [0, 0.05) is 27.7 Å². The number of aryl methyl sites for hydroxylation is 1. The van der Waals surface area contributed by atoms with Crippen LogP contribution in [0.25, 0.3) is 49.0 Å². The van der Waals surface area contributed by atoms with Gasteiger partial charge in [0.25, 0.3) is 0 Å². The maximum atomic E-state index is 8.48. The molecule has 6 aromatic rings. The second kappa shape index (κ2) is 6.57. The second-order valence-electron chi connectivity index (χ2n) is 12.1. The molecule has 0 atom stereocenters. The van der Waals surface area contributed by atoms with Gasteiger partial charge in [0.2, 0.25) is 0 Å². The summed E-state index contributed by atoms with van der Waals surface area (Å²) in [6.45, 7) is 16.3.